The molecule has 8 nitrogen and oxygen atoms in total. The summed E-state index contributed by atoms with van der Waals surface area (Å²) in [6.45, 7) is 4.52. The van der Waals surface area contributed by atoms with Crippen LogP contribution in [0.15, 0.2) is 12.1 Å². The van der Waals surface area contributed by atoms with E-state index in [1.165, 1.54) is 13.0 Å². The molecule has 0 saturated heterocycles. The zero-order valence-corrected chi connectivity index (χ0v) is 22.6. The van der Waals surface area contributed by atoms with Gasteiger partial charge in [0, 0.05) is 6.61 Å². The number of benzene rings is 1. The first-order valence-corrected chi connectivity index (χ1v) is 13.2. The van der Waals surface area contributed by atoms with Crippen LogP contribution in [0.2, 0.25) is 0 Å². The summed E-state index contributed by atoms with van der Waals surface area (Å²) < 4.78 is 58.2. The molecule has 0 heterocycles. The van der Waals surface area contributed by atoms with Gasteiger partial charge in [0.05, 0.1) is 11.6 Å². The Labute approximate surface area is 225 Å². The van der Waals surface area contributed by atoms with Crippen LogP contribution in [0.3, 0.4) is 0 Å². The van der Waals surface area contributed by atoms with E-state index in [1.807, 2.05) is 0 Å². The van der Waals surface area contributed by atoms with Crippen molar-refractivity contribution < 1.29 is 41.8 Å². The van der Waals surface area contributed by atoms with E-state index in [2.05, 4.69) is 10.6 Å². The molecule has 2 aliphatic carbocycles. The third-order valence-electron chi connectivity index (χ3n) is 6.86. The van der Waals surface area contributed by atoms with E-state index in [0.717, 1.165) is 31.7 Å². The molecule has 12 heteroatoms. The number of alkyl halides is 3. The molecule has 2 atom stereocenters. The van der Waals surface area contributed by atoms with Crippen molar-refractivity contribution in [3.8, 4) is 0 Å². The van der Waals surface area contributed by atoms with Crippen LogP contribution in [0.5, 0.6) is 0 Å². The summed E-state index contributed by atoms with van der Waals surface area (Å²) in [5.74, 6) is -3.24. The van der Waals surface area contributed by atoms with Crippen LogP contribution >= 0.6 is 0 Å². The Hall–Kier alpha value is -2.89. The van der Waals surface area contributed by atoms with Crippen LogP contribution in [0.1, 0.15) is 70.4 Å². The van der Waals surface area contributed by atoms with Gasteiger partial charge in [-0.05, 0) is 101 Å². The average molecular weight is 560 g/mol. The number of carbonyl (C=O) groups is 3. The lowest BCUT2D eigenvalue weighted by Gasteiger charge is -2.29. The van der Waals surface area contributed by atoms with Gasteiger partial charge in [0.15, 0.2) is 0 Å². The van der Waals surface area contributed by atoms with Crippen LogP contribution in [-0.2, 0) is 20.7 Å². The van der Waals surface area contributed by atoms with Gasteiger partial charge >= 0.3 is 12.3 Å². The Morgan fingerprint density at radius 3 is 2.13 bits per heavy atom. The highest BCUT2D eigenvalue weighted by atomic mass is 19.4. The summed E-state index contributed by atoms with van der Waals surface area (Å²) in [6.07, 6.45) is -1.67. The predicted molar refractivity (Wildman–Crippen MR) is 135 cm³/mol. The molecule has 2 fully saturated rings. The van der Waals surface area contributed by atoms with Crippen LogP contribution in [0.25, 0.3) is 0 Å². The first-order chi connectivity index (χ1) is 18.1. The monoisotopic (exact) mass is 559 g/mol. The maximum atomic E-state index is 15.2. The number of amides is 3. The summed E-state index contributed by atoms with van der Waals surface area (Å²) in [7, 11) is 0. The number of aliphatic hydroxyl groups excluding tert-OH is 1. The first kappa shape index (κ1) is 30.6. The number of alkyl carbamates (subject to hydrolysis) is 1. The van der Waals surface area contributed by atoms with Gasteiger partial charge in [0.2, 0.25) is 11.8 Å². The number of hydrogen-bond acceptors (Lipinski definition) is 5. The van der Waals surface area contributed by atoms with Gasteiger partial charge < -0.3 is 25.8 Å². The van der Waals surface area contributed by atoms with E-state index in [0.29, 0.717) is 5.56 Å². The third kappa shape index (κ3) is 9.08. The first-order valence-electron chi connectivity index (χ1n) is 13.2. The molecule has 1 unspecified atom stereocenters. The molecule has 0 aliphatic heterocycles. The van der Waals surface area contributed by atoms with Gasteiger partial charge in [-0.1, -0.05) is 0 Å². The Kier molecular flexibility index (Phi) is 9.51. The molecule has 0 spiro atoms. The highest BCUT2D eigenvalue weighted by molar-refractivity contribution is 5.97. The van der Waals surface area contributed by atoms with Crippen LogP contribution in [0.4, 0.5) is 28.0 Å². The van der Waals surface area contributed by atoms with Gasteiger partial charge in [-0.15, -0.1) is 0 Å². The molecule has 3 rings (SSSR count). The molecule has 218 valence electrons. The highest BCUT2D eigenvalue weighted by Crippen LogP contribution is 2.51. The number of nitrogens with one attached hydrogen (secondary N) is 3. The van der Waals surface area contributed by atoms with E-state index < -0.39 is 54.0 Å². The number of halogens is 4. The summed E-state index contributed by atoms with van der Waals surface area (Å²) in [5.41, 5.74) is -0.626. The molecular formula is C27H37F4N3O5. The minimum atomic E-state index is -4.61. The van der Waals surface area contributed by atoms with Gasteiger partial charge in [-0.3, -0.25) is 9.59 Å². The maximum Gasteiger partial charge on any atom is 0.408 e. The van der Waals surface area contributed by atoms with E-state index >= 15 is 4.39 Å². The fourth-order valence-electron chi connectivity index (χ4n) is 4.82. The molecular weight excluding hydrogens is 522 g/mol. The summed E-state index contributed by atoms with van der Waals surface area (Å²) in [5, 5.41) is 16.5. The zero-order chi connectivity index (χ0) is 29.1. The third-order valence-corrected chi connectivity index (χ3v) is 6.86. The smallest absolute Gasteiger partial charge is 0.408 e. The van der Waals surface area contributed by atoms with Crippen molar-refractivity contribution in [2.45, 2.75) is 83.5 Å². The number of hydrogen-bond donors (Lipinski definition) is 4. The Bertz CT molecular complexity index is 1050. The van der Waals surface area contributed by atoms with E-state index in [1.54, 1.807) is 26.1 Å². The van der Waals surface area contributed by atoms with Crippen molar-refractivity contribution >= 4 is 23.6 Å². The highest BCUT2D eigenvalue weighted by Gasteiger charge is 2.48. The van der Waals surface area contributed by atoms with Crippen molar-refractivity contribution in [1.82, 2.24) is 10.6 Å². The largest absolute Gasteiger partial charge is 0.444 e. The van der Waals surface area contributed by atoms with Crippen molar-refractivity contribution in [2.24, 2.45) is 17.8 Å². The van der Waals surface area contributed by atoms with Crippen molar-refractivity contribution in [3.63, 3.8) is 0 Å². The minimum absolute atomic E-state index is 0.0261. The second kappa shape index (κ2) is 12.1. The molecule has 39 heavy (non-hydrogen) atoms. The molecule has 2 aliphatic rings. The second-order valence-electron chi connectivity index (χ2n) is 11.4. The molecule has 1 aromatic rings. The van der Waals surface area contributed by atoms with Crippen LogP contribution < -0.4 is 16.0 Å². The van der Waals surface area contributed by atoms with Crippen molar-refractivity contribution in [1.29, 1.82) is 0 Å². The fraction of sp³-hybridized carbons (Fsp3) is 0.667. The Morgan fingerprint density at radius 1 is 1.05 bits per heavy atom. The van der Waals surface area contributed by atoms with Crippen LogP contribution in [0, 0.1) is 23.6 Å². The van der Waals surface area contributed by atoms with Crippen molar-refractivity contribution in [2.75, 3.05) is 18.5 Å². The molecule has 4 N–H and O–H groups in total. The molecule has 0 radical (unpaired) electrons. The van der Waals surface area contributed by atoms with E-state index in [9.17, 15) is 32.7 Å². The van der Waals surface area contributed by atoms with Gasteiger partial charge in [-0.2, -0.15) is 13.2 Å². The normalized spacial score (nSPS) is 17.4. The topological polar surface area (TPSA) is 117 Å². The SMILES string of the molecule is CC(C(=O)NCC(F)(F)F)c1cc(F)c(NC(=O)[C@@H](NC(=O)OC(C)(C)C)C(C2CC2)C2CC2)cc1CCO. The van der Waals surface area contributed by atoms with E-state index in [-0.39, 0.29) is 42.0 Å². The lowest BCUT2D eigenvalue weighted by molar-refractivity contribution is -0.139. The van der Waals surface area contributed by atoms with Gasteiger partial charge in [0.1, 0.15) is 24.0 Å². The molecule has 0 bridgehead atoms. The predicted octanol–water partition coefficient (Wildman–Crippen LogP) is 4.41. The van der Waals surface area contributed by atoms with E-state index in [4.69, 9.17) is 4.74 Å². The Balaban J connectivity index is 1.84. The van der Waals surface area contributed by atoms with Gasteiger partial charge in [0.25, 0.3) is 0 Å². The maximum absolute atomic E-state index is 15.2. The summed E-state index contributed by atoms with van der Waals surface area (Å²) in [6, 6.07) is 1.28. The minimum Gasteiger partial charge on any atom is -0.444 e. The number of ether oxygens (including phenoxy) is 1. The molecule has 0 aromatic heterocycles. The van der Waals surface area contributed by atoms with Crippen LogP contribution in [-0.4, -0.2) is 54.0 Å². The lowest BCUT2D eigenvalue weighted by atomic mass is 9.88. The Morgan fingerprint density at radius 2 is 1.64 bits per heavy atom. The molecule has 3 amide bonds. The number of rotatable bonds is 11. The summed E-state index contributed by atoms with van der Waals surface area (Å²) >= 11 is 0. The quantitative estimate of drug-likeness (QED) is 0.300. The number of aliphatic hydroxyl groups is 1. The summed E-state index contributed by atoms with van der Waals surface area (Å²) in [4.78, 5) is 38.4. The van der Waals surface area contributed by atoms with Crippen molar-refractivity contribution in [3.05, 3.63) is 29.1 Å². The number of carbonyl (C=O) groups excluding carboxylic acids is 3. The second-order valence-corrected chi connectivity index (χ2v) is 11.4. The number of anilines is 1. The average Bonchev–Trinajstić information content (AvgIpc) is 3.72. The van der Waals surface area contributed by atoms with Gasteiger partial charge in [-0.25, -0.2) is 9.18 Å². The molecule has 1 aromatic carbocycles. The fourth-order valence-corrected chi connectivity index (χ4v) is 4.82. The zero-order valence-electron chi connectivity index (χ0n) is 22.6. The lowest BCUT2D eigenvalue weighted by Crippen LogP contribution is -2.51. The standard InChI is InChI=1S/C27H37F4N3O5/c1-14(23(36)32-13-27(29,30)31)18-12-19(28)20(11-17(18)9-10-35)33-24(37)22(34-25(38)39-26(2,3)4)21(15-5-6-15)16-7-8-16/h11-12,14-16,21-22,35H,5-10,13H2,1-4H3,(H,32,36)(H,33,37)(H,34,38)/t14?,22-/m0/s1. The molecule has 2 saturated carbocycles.